The zero-order chi connectivity index (χ0) is 15.5. The van der Waals surface area contributed by atoms with E-state index < -0.39 is 5.54 Å². The molecule has 3 N–H and O–H groups in total. The van der Waals surface area contributed by atoms with Gasteiger partial charge in [0.25, 0.3) is 0 Å². The highest BCUT2D eigenvalue weighted by Gasteiger charge is 2.31. The molecule has 2 rings (SSSR count). The summed E-state index contributed by atoms with van der Waals surface area (Å²) in [5.41, 5.74) is 7.75. The number of primary amides is 1. The second-order valence-corrected chi connectivity index (χ2v) is 5.93. The molecule has 0 heterocycles. The monoisotopic (exact) mass is 302 g/mol. The lowest BCUT2D eigenvalue weighted by molar-refractivity contribution is -0.121. The van der Waals surface area contributed by atoms with Crippen molar-refractivity contribution in [1.82, 2.24) is 0 Å². The topological polar surface area (TPSA) is 55.1 Å². The minimum Gasteiger partial charge on any atom is -0.371 e. The van der Waals surface area contributed by atoms with Gasteiger partial charge in [-0.25, -0.2) is 0 Å². The molecule has 21 heavy (non-hydrogen) atoms. The van der Waals surface area contributed by atoms with Crippen LogP contribution in [0.1, 0.15) is 18.1 Å². The van der Waals surface area contributed by atoms with Crippen LogP contribution in [0.25, 0.3) is 0 Å². The summed E-state index contributed by atoms with van der Waals surface area (Å²) in [5.74, 6) is -0.390. The van der Waals surface area contributed by atoms with Gasteiger partial charge in [0.15, 0.2) is 0 Å². The molecule has 1 unspecified atom stereocenters. The van der Waals surface area contributed by atoms with E-state index in [4.69, 9.17) is 17.3 Å². The van der Waals surface area contributed by atoms with Crippen LogP contribution in [0.5, 0.6) is 0 Å². The molecule has 0 aliphatic heterocycles. The van der Waals surface area contributed by atoms with E-state index in [-0.39, 0.29) is 5.91 Å². The van der Waals surface area contributed by atoms with Gasteiger partial charge in [0.1, 0.15) is 5.54 Å². The average molecular weight is 303 g/mol. The quantitative estimate of drug-likeness (QED) is 0.887. The molecule has 0 bridgehead atoms. The molecule has 3 nitrogen and oxygen atoms in total. The molecule has 1 amide bonds. The highest BCUT2D eigenvalue weighted by molar-refractivity contribution is 6.30. The van der Waals surface area contributed by atoms with E-state index in [1.807, 2.05) is 62.4 Å². The van der Waals surface area contributed by atoms with Crippen molar-refractivity contribution in [2.24, 2.45) is 5.73 Å². The van der Waals surface area contributed by atoms with E-state index in [1.54, 1.807) is 0 Å². The van der Waals surface area contributed by atoms with Crippen molar-refractivity contribution in [3.05, 3.63) is 64.7 Å². The van der Waals surface area contributed by atoms with Gasteiger partial charge in [0.2, 0.25) is 5.91 Å². The molecule has 0 radical (unpaired) electrons. The Hall–Kier alpha value is -2.00. The fraction of sp³-hybridized carbons (Fsp3) is 0.235. The third-order valence-corrected chi connectivity index (χ3v) is 3.71. The lowest BCUT2D eigenvalue weighted by Gasteiger charge is -2.29. The van der Waals surface area contributed by atoms with Crippen molar-refractivity contribution in [2.75, 3.05) is 5.32 Å². The van der Waals surface area contributed by atoms with Crippen LogP contribution in [0.2, 0.25) is 5.02 Å². The molecule has 4 heteroatoms. The summed E-state index contributed by atoms with van der Waals surface area (Å²) in [4.78, 5) is 11.9. The van der Waals surface area contributed by atoms with Crippen molar-refractivity contribution in [3.8, 4) is 0 Å². The van der Waals surface area contributed by atoms with Crippen molar-refractivity contribution in [3.63, 3.8) is 0 Å². The summed E-state index contributed by atoms with van der Waals surface area (Å²) in [6, 6.07) is 15.3. The van der Waals surface area contributed by atoms with Gasteiger partial charge in [-0.1, -0.05) is 35.9 Å². The predicted octanol–water partition coefficient (Wildman–Crippen LogP) is 3.55. The summed E-state index contributed by atoms with van der Waals surface area (Å²) in [5, 5.41) is 3.92. The summed E-state index contributed by atoms with van der Waals surface area (Å²) in [7, 11) is 0. The molecule has 2 aromatic rings. The fourth-order valence-electron chi connectivity index (χ4n) is 2.24. The smallest absolute Gasteiger partial charge is 0.243 e. The van der Waals surface area contributed by atoms with Crippen LogP contribution < -0.4 is 11.1 Å². The Morgan fingerprint density at radius 2 is 1.90 bits per heavy atom. The Bertz CT molecular complexity index is 639. The summed E-state index contributed by atoms with van der Waals surface area (Å²) < 4.78 is 0. The van der Waals surface area contributed by atoms with E-state index in [0.717, 1.165) is 16.8 Å². The molecule has 0 aliphatic carbocycles. The first-order chi connectivity index (χ1) is 9.89. The second kappa shape index (κ2) is 6.19. The first kappa shape index (κ1) is 15.4. The van der Waals surface area contributed by atoms with Crippen LogP contribution in [-0.4, -0.2) is 11.4 Å². The number of halogens is 1. The Kier molecular flexibility index (Phi) is 4.53. The molecule has 0 aromatic heterocycles. The third kappa shape index (κ3) is 3.99. The molecular formula is C17H19ClN2O. The number of nitrogens with two attached hydrogens (primary N) is 1. The minimum absolute atomic E-state index is 0.390. The molecule has 0 fully saturated rings. The van der Waals surface area contributed by atoms with Gasteiger partial charge in [0.05, 0.1) is 0 Å². The van der Waals surface area contributed by atoms with E-state index >= 15 is 0 Å². The lowest BCUT2D eigenvalue weighted by Crippen LogP contribution is -2.49. The molecule has 0 saturated heterocycles. The number of rotatable bonds is 5. The Morgan fingerprint density at radius 3 is 2.48 bits per heavy atom. The van der Waals surface area contributed by atoms with Crippen LogP contribution in [0.4, 0.5) is 5.69 Å². The highest BCUT2D eigenvalue weighted by atomic mass is 35.5. The molecule has 1 atom stereocenters. The summed E-state index contributed by atoms with van der Waals surface area (Å²) in [6.07, 6.45) is 0.493. The number of hydrogen-bond donors (Lipinski definition) is 2. The van der Waals surface area contributed by atoms with Crippen LogP contribution >= 0.6 is 11.6 Å². The van der Waals surface area contributed by atoms with Crippen molar-refractivity contribution < 1.29 is 4.79 Å². The first-order valence-electron chi connectivity index (χ1n) is 6.78. The van der Waals surface area contributed by atoms with Gasteiger partial charge in [-0.05, 0) is 49.2 Å². The Balaban J connectivity index is 2.23. The van der Waals surface area contributed by atoms with Crippen LogP contribution in [-0.2, 0) is 11.2 Å². The standard InChI is InChI=1S/C17H19ClN2O/c1-12-4-3-5-15(10-12)20-17(2,16(19)21)11-13-6-8-14(18)9-7-13/h3-10,20H,11H2,1-2H3,(H2,19,21). The number of amides is 1. The van der Waals surface area contributed by atoms with Gasteiger partial charge < -0.3 is 11.1 Å². The van der Waals surface area contributed by atoms with Gasteiger partial charge in [-0.3, -0.25) is 4.79 Å². The fourth-order valence-corrected chi connectivity index (χ4v) is 2.37. The Morgan fingerprint density at radius 1 is 1.24 bits per heavy atom. The van der Waals surface area contributed by atoms with Crippen molar-refractivity contribution in [2.45, 2.75) is 25.8 Å². The number of benzene rings is 2. The van der Waals surface area contributed by atoms with Gasteiger partial charge in [-0.15, -0.1) is 0 Å². The van der Waals surface area contributed by atoms with Gasteiger partial charge in [-0.2, -0.15) is 0 Å². The maximum Gasteiger partial charge on any atom is 0.243 e. The van der Waals surface area contributed by atoms with Crippen LogP contribution in [0, 0.1) is 6.92 Å². The highest BCUT2D eigenvalue weighted by Crippen LogP contribution is 2.21. The van der Waals surface area contributed by atoms with E-state index in [9.17, 15) is 4.79 Å². The van der Waals surface area contributed by atoms with E-state index in [2.05, 4.69) is 5.32 Å². The Labute approximate surface area is 130 Å². The first-order valence-corrected chi connectivity index (χ1v) is 7.16. The molecule has 2 aromatic carbocycles. The van der Waals surface area contributed by atoms with Crippen LogP contribution in [0.3, 0.4) is 0 Å². The summed E-state index contributed by atoms with van der Waals surface area (Å²) in [6.45, 7) is 3.82. The summed E-state index contributed by atoms with van der Waals surface area (Å²) >= 11 is 5.89. The molecular weight excluding hydrogens is 284 g/mol. The number of hydrogen-bond acceptors (Lipinski definition) is 2. The minimum atomic E-state index is -0.860. The van der Waals surface area contributed by atoms with Crippen LogP contribution in [0.15, 0.2) is 48.5 Å². The largest absolute Gasteiger partial charge is 0.371 e. The molecule has 110 valence electrons. The zero-order valence-electron chi connectivity index (χ0n) is 12.2. The van der Waals surface area contributed by atoms with Crippen molar-refractivity contribution >= 4 is 23.2 Å². The zero-order valence-corrected chi connectivity index (χ0v) is 12.9. The number of anilines is 1. The molecule has 0 aliphatic rings. The van der Waals surface area contributed by atoms with E-state index in [0.29, 0.717) is 11.4 Å². The van der Waals surface area contributed by atoms with E-state index in [1.165, 1.54) is 0 Å². The maximum absolute atomic E-state index is 11.9. The number of nitrogens with one attached hydrogen (secondary N) is 1. The third-order valence-electron chi connectivity index (χ3n) is 3.45. The lowest BCUT2D eigenvalue weighted by atomic mass is 9.91. The van der Waals surface area contributed by atoms with Gasteiger partial charge in [0, 0.05) is 17.1 Å². The predicted molar refractivity (Wildman–Crippen MR) is 87.6 cm³/mol. The maximum atomic E-state index is 11.9. The number of carbonyl (C=O) groups excluding carboxylic acids is 1. The second-order valence-electron chi connectivity index (χ2n) is 5.49. The van der Waals surface area contributed by atoms with Gasteiger partial charge >= 0.3 is 0 Å². The number of carbonyl (C=O) groups is 1. The SMILES string of the molecule is Cc1cccc(NC(C)(Cc2ccc(Cl)cc2)C(N)=O)c1. The molecule has 0 saturated carbocycles. The molecule has 0 spiro atoms. The average Bonchev–Trinajstić information content (AvgIpc) is 2.41. The number of aryl methyl sites for hydroxylation is 1. The normalized spacial score (nSPS) is 13.5. The van der Waals surface area contributed by atoms with Crippen molar-refractivity contribution in [1.29, 1.82) is 0 Å².